The number of methoxy groups -OCH3 is 2. The van der Waals surface area contributed by atoms with Crippen molar-refractivity contribution >= 4 is 12.0 Å². The van der Waals surface area contributed by atoms with Gasteiger partial charge in [0.1, 0.15) is 5.75 Å². The second-order valence-electron chi connectivity index (χ2n) is 2.63. The molecule has 0 radical (unpaired) electrons. The van der Waals surface area contributed by atoms with Crippen LogP contribution in [0.25, 0.3) is 6.08 Å². The molecule has 0 unspecified atom stereocenters. The molecule has 1 aromatic rings. The van der Waals surface area contributed by atoms with Crippen LogP contribution in [0, 0.1) is 0 Å². The van der Waals surface area contributed by atoms with Crippen LogP contribution in [-0.2, 0) is 9.53 Å². The first-order valence-electron chi connectivity index (χ1n) is 5.16. The van der Waals surface area contributed by atoms with Crippen LogP contribution in [0.1, 0.15) is 19.4 Å². The van der Waals surface area contributed by atoms with Gasteiger partial charge in [-0.25, -0.2) is 4.79 Å². The SMILES string of the molecule is CC.COC(=O)/C=C/c1ccc(OC)cc1. The molecule has 88 valence electrons. The second kappa shape index (κ2) is 8.53. The molecular weight excluding hydrogens is 204 g/mol. The number of esters is 1. The molecule has 0 aliphatic heterocycles. The predicted octanol–water partition coefficient (Wildman–Crippen LogP) is 2.91. The number of rotatable bonds is 3. The lowest BCUT2D eigenvalue weighted by Crippen LogP contribution is -1.93. The summed E-state index contributed by atoms with van der Waals surface area (Å²) in [6.45, 7) is 4.00. The normalized spacial score (nSPS) is 9.25. The summed E-state index contributed by atoms with van der Waals surface area (Å²) in [5, 5.41) is 0. The van der Waals surface area contributed by atoms with Gasteiger partial charge in [0.05, 0.1) is 14.2 Å². The van der Waals surface area contributed by atoms with E-state index in [-0.39, 0.29) is 5.97 Å². The Morgan fingerprint density at radius 3 is 2.12 bits per heavy atom. The van der Waals surface area contributed by atoms with Crippen molar-refractivity contribution in [2.75, 3.05) is 14.2 Å². The molecule has 0 fully saturated rings. The van der Waals surface area contributed by atoms with Gasteiger partial charge in [0.2, 0.25) is 0 Å². The molecule has 0 aliphatic rings. The maximum Gasteiger partial charge on any atom is 0.330 e. The van der Waals surface area contributed by atoms with Crippen molar-refractivity contribution in [2.24, 2.45) is 0 Å². The van der Waals surface area contributed by atoms with E-state index in [1.54, 1.807) is 13.2 Å². The number of hydrogen-bond donors (Lipinski definition) is 0. The lowest BCUT2D eigenvalue weighted by Gasteiger charge is -1.98. The molecule has 0 N–H and O–H groups in total. The van der Waals surface area contributed by atoms with Crippen molar-refractivity contribution < 1.29 is 14.3 Å². The van der Waals surface area contributed by atoms with Crippen LogP contribution in [0.4, 0.5) is 0 Å². The minimum Gasteiger partial charge on any atom is -0.497 e. The summed E-state index contributed by atoms with van der Waals surface area (Å²) >= 11 is 0. The van der Waals surface area contributed by atoms with E-state index in [1.165, 1.54) is 13.2 Å². The Morgan fingerprint density at radius 2 is 1.69 bits per heavy atom. The van der Waals surface area contributed by atoms with E-state index < -0.39 is 0 Å². The Labute approximate surface area is 96.7 Å². The summed E-state index contributed by atoms with van der Waals surface area (Å²) < 4.78 is 9.47. The van der Waals surface area contributed by atoms with Gasteiger partial charge in [0, 0.05) is 6.08 Å². The molecule has 3 nitrogen and oxygen atoms in total. The van der Waals surface area contributed by atoms with Gasteiger partial charge in [-0.3, -0.25) is 0 Å². The summed E-state index contributed by atoms with van der Waals surface area (Å²) in [6.07, 6.45) is 3.06. The summed E-state index contributed by atoms with van der Waals surface area (Å²) in [4.78, 5) is 10.8. The number of carbonyl (C=O) groups excluding carboxylic acids is 1. The first kappa shape index (κ1) is 14.2. The van der Waals surface area contributed by atoms with Gasteiger partial charge in [-0.05, 0) is 23.8 Å². The van der Waals surface area contributed by atoms with E-state index in [0.717, 1.165) is 11.3 Å². The van der Waals surface area contributed by atoms with Crippen molar-refractivity contribution in [3.63, 3.8) is 0 Å². The highest BCUT2D eigenvalue weighted by Crippen LogP contribution is 2.12. The molecule has 16 heavy (non-hydrogen) atoms. The first-order chi connectivity index (χ1) is 7.76. The van der Waals surface area contributed by atoms with Crippen LogP contribution in [-0.4, -0.2) is 20.2 Å². The van der Waals surface area contributed by atoms with Gasteiger partial charge < -0.3 is 9.47 Å². The van der Waals surface area contributed by atoms with Crippen LogP contribution in [0.2, 0.25) is 0 Å². The first-order valence-corrected chi connectivity index (χ1v) is 5.16. The van der Waals surface area contributed by atoms with Gasteiger partial charge >= 0.3 is 5.97 Å². The van der Waals surface area contributed by atoms with Crippen LogP contribution >= 0.6 is 0 Å². The molecule has 1 aromatic carbocycles. The quantitative estimate of drug-likeness (QED) is 0.582. The monoisotopic (exact) mass is 222 g/mol. The predicted molar refractivity (Wildman–Crippen MR) is 65.4 cm³/mol. The Morgan fingerprint density at radius 1 is 1.12 bits per heavy atom. The fraction of sp³-hybridized carbons (Fsp3) is 0.308. The fourth-order valence-electron chi connectivity index (χ4n) is 0.947. The average molecular weight is 222 g/mol. The number of hydrogen-bond acceptors (Lipinski definition) is 3. The Hall–Kier alpha value is -1.77. The van der Waals surface area contributed by atoms with Crippen LogP contribution in [0.5, 0.6) is 5.75 Å². The van der Waals surface area contributed by atoms with E-state index in [0.29, 0.717) is 0 Å². The van der Waals surface area contributed by atoms with Crippen LogP contribution in [0.15, 0.2) is 30.3 Å². The molecule has 0 spiro atoms. The molecule has 0 bridgehead atoms. The van der Waals surface area contributed by atoms with E-state index >= 15 is 0 Å². The van der Waals surface area contributed by atoms with Crippen molar-refractivity contribution in [2.45, 2.75) is 13.8 Å². The number of carbonyl (C=O) groups is 1. The molecule has 0 heterocycles. The lowest BCUT2D eigenvalue weighted by atomic mass is 10.2. The lowest BCUT2D eigenvalue weighted by molar-refractivity contribution is -0.134. The molecule has 0 amide bonds. The van der Waals surface area contributed by atoms with Gasteiger partial charge in [0.15, 0.2) is 0 Å². The maximum atomic E-state index is 10.8. The summed E-state index contributed by atoms with van der Waals surface area (Å²) in [5.41, 5.74) is 0.927. The third-order valence-corrected chi connectivity index (χ3v) is 1.73. The topological polar surface area (TPSA) is 35.5 Å². The fourth-order valence-corrected chi connectivity index (χ4v) is 0.947. The van der Waals surface area contributed by atoms with Crippen molar-refractivity contribution in [1.82, 2.24) is 0 Å². The zero-order chi connectivity index (χ0) is 12.4. The van der Waals surface area contributed by atoms with Gasteiger partial charge in [0.25, 0.3) is 0 Å². The third-order valence-electron chi connectivity index (χ3n) is 1.73. The summed E-state index contributed by atoms with van der Waals surface area (Å²) in [7, 11) is 2.96. The third kappa shape index (κ3) is 5.20. The number of benzene rings is 1. The van der Waals surface area contributed by atoms with Gasteiger partial charge in [-0.2, -0.15) is 0 Å². The molecule has 0 aliphatic carbocycles. The summed E-state index contributed by atoms with van der Waals surface area (Å²) in [5.74, 6) is 0.432. The van der Waals surface area contributed by atoms with Crippen molar-refractivity contribution in [1.29, 1.82) is 0 Å². The number of ether oxygens (including phenoxy) is 2. The smallest absolute Gasteiger partial charge is 0.330 e. The van der Waals surface area contributed by atoms with Gasteiger partial charge in [-0.1, -0.05) is 26.0 Å². The highest BCUT2D eigenvalue weighted by Gasteiger charge is 1.92. The van der Waals surface area contributed by atoms with Crippen LogP contribution < -0.4 is 4.74 Å². The average Bonchev–Trinajstić information content (AvgIpc) is 2.38. The standard InChI is InChI=1S/C11H12O3.C2H6/c1-13-10-6-3-9(4-7-10)5-8-11(12)14-2;1-2/h3-8H,1-2H3;1-2H3/b8-5+;. The molecule has 0 aromatic heterocycles. The van der Waals surface area contributed by atoms with E-state index in [9.17, 15) is 4.79 Å². The molecule has 0 saturated heterocycles. The largest absolute Gasteiger partial charge is 0.497 e. The van der Waals surface area contributed by atoms with Crippen LogP contribution in [0.3, 0.4) is 0 Å². The highest BCUT2D eigenvalue weighted by atomic mass is 16.5. The summed E-state index contributed by atoms with van der Waals surface area (Å²) in [6, 6.07) is 7.38. The molecular formula is C13H18O3. The minimum absolute atomic E-state index is 0.360. The zero-order valence-corrected chi connectivity index (χ0v) is 10.2. The molecule has 3 heteroatoms. The maximum absolute atomic E-state index is 10.8. The Kier molecular flexibility index (Phi) is 7.59. The van der Waals surface area contributed by atoms with E-state index in [1.807, 2.05) is 38.1 Å². The van der Waals surface area contributed by atoms with E-state index in [2.05, 4.69) is 4.74 Å². The molecule has 0 atom stereocenters. The van der Waals surface area contributed by atoms with Crippen molar-refractivity contribution in [3.8, 4) is 5.75 Å². The molecule has 1 rings (SSSR count). The van der Waals surface area contributed by atoms with E-state index in [4.69, 9.17) is 4.74 Å². The molecule has 0 saturated carbocycles. The van der Waals surface area contributed by atoms with Gasteiger partial charge in [-0.15, -0.1) is 0 Å². The highest BCUT2D eigenvalue weighted by molar-refractivity contribution is 5.86. The van der Waals surface area contributed by atoms with Crippen molar-refractivity contribution in [3.05, 3.63) is 35.9 Å². The second-order valence-corrected chi connectivity index (χ2v) is 2.63. The minimum atomic E-state index is -0.360. The Bertz CT molecular complexity index is 326. The zero-order valence-electron chi connectivity index (χ0n) is 10.2. The Balaban J connectivity index is 0.00000106.